The predicted octanol–water partition coefficient (Wildman–Crippen LogP) is 7.70. The Balaban J connectivity index is 0.000000182. The molecule has 0 spiro atoms. The van der Waals surface area contributed by atoms with Gasteiger partial charge in [0.1, 0.15) is 5.69 Å². The van der Waals surface area contributed by atoms with E-state index in [1.807, 2.05) is 87.0 Å². The summed E-state index contributed by atoms with van der Waals surface area (Å²) < 4.78 is 35.6. The van der Waals surface area contributed by atoms with Crippen molar-refractivity contribution in [3.8, 4) is 16.5 Å². The number of nitrogens with zero attached hydrogens (tertiary/aromatic N) is 2. The van der Waals surface area contributed by atoms with Gasteiger partial charge in [-0.1, -0.05) is 38.1 Å². The first-order valence-electron chi connectivity index (χ1n) is 13.1. The fourth-order valence-corrected chi connectivity index (χ4v) is 6.05. The number of ether oxygens (including phenoxy) is 1. The second-order valence-corrected chi connectivity index (χ2v) is 13.3. The third-order valence-corrected chi connectivity index (χ3v) is 8.38. The van der Waals surface area contributed by atoms with Crippen molar-refractivity contribution >= 4 is 49.5 Å². The number of para-hydroxylation sites is 2. The van der Waals surface area contributed by atoms with Crippen LogP contribution in [0.2, 0.25) is 0 Å². The number of benzene rings is 1. The maximum Gasteiger partial charge on any atom is 0.274 e. The first-order valence-corrected chi connectivity index (χ1v) is 16.3. The summed E-state index contributed by atoms with van der Waals surface area (Å²) in [6.45, 7) is 11.3. The highest BCUT2D eigenvalue weighted by Crippen LogP contribution is 2.32. The van der Waals surface area contributed by atoms with Crippen LogP contribution in [0.5, 0.6) is 5.88 Å². The van der Waals surface area contributed by atoms with Crippen molar-refractivity contribution in [3.63, 3.8) is 0 Å². The third kappa shape index (κ3) is 9.60. The lowest BCUT2D eigenvalue weighted by atomic mass is 10.1. The fourth-order valence-electron chi connectivity index (χ4n) is 3.35. The monoisotopic (exact) mass is 613 g/mol. The third-order valence-electron chi connectivity index (χ3n) is 5.08. The molecular weight excluding hydrogens is 579 g/mol. The zero-order valence-corrected chi connectivity index (χ0v) is 26.3. The summed E-state index contributed by atoms with van der Waals surface area (Å²) in [4.78, 5) is 22.5. The van der Waals surface area contributed by atoms with E-state index in [-0.39, 0.29) is 28.9 Å². The lowest BCUT2D eigenvalue weighted by molar-refractivity contribution is 0.0943. The van der Waals surface area contributed by atoms with E-state index in [0.29, 0.717) is 5.88 Å². The molecule has 0 saturated carbocycles. The molecule has 11 heteroatoms. The number of ketones is 1. The molecule has 5 aromatic rings. The summed E-state index contributed by atoms with van der Waals surface area (Å²) in [5.74, 6) is 0.977. The van der Waals surface area contributed by atoms with E-state index in [9.17, 15) is 13.2 Å². The number of Topliss-reactive ketones (excluding diaryl/α,β-unsaturated/α-hetero) is 1. The van der Waals surface area contributed by atoms with Crippen molar-refractivity contribution in [1.29, 1.82) is 0 Å². The number of sulfonamides is 1. The van der Waals surface area contributed by atoms with Crippen LogP contribution in [0, 0.1) is 5.92 Å². The second kappa shape index (κ2) is 15.0. The molecule has 8 nitrogen and oxygen atoms in total. The number of nitrogens with one attached hydrogen (secondary N) is 1. The average molecular weight is 614 g/mol. The topological polar surface area (TPSA) is 111 Å². The van der Waals surface area contributed by atoms with Gasteiger partial charge in [0.25, 0.3) is 10.0 Å². The summed E-state index contributed by atoms with van der Waals surface area (Å²) in [7, 11) is -3.43. The van der Waals surface area contributed by atoms with E-state index in [2.05, 4.69) is 9.71 Å². The zero-order chi connectivity index (χ0) is 30.0. The summed E-state index contributed by atoms with van der Waals surface area (Å²) in [5.41, 5.74) is 2.57. The Morgan fingerprint density at radius 3 is 2.02 bits per heavy atom. The zero-order valence-electron chi connectivity index (χ0n) is 23.9. The summed E-state index contributed by atoms with van der Waals surface area (Å²) in [5, 5.41) is 3.91. The van der Waals surface area contributed by atoms with Crippen molar-refractivity contribution in [1.82, 2.24) is 14.7 Å². The molecule has 41 heavy (non-hydrogen) atoms. The molecule has 4 heterocycles. The standard InChI is InChI=1S/C15H14N2OS.C8H10OS.C7H11NO3S/c1-10(2)18-15-14(13-8-5-9-19-13)16-11-6-3-4-7-12(11)17-15;1-6(2)8(9)7-4-3-5-10-7;1-6(2)8-12(9,10)7-4-3-5-11-7/h3-10H,1-2H3;3-6H,1-2H3;3-6,8H,1-2H3. The number of thiophene rings is 2. The first kappa shape index (κ1) is 32.1. The van der Waals surface area contributed by atoms with Crippen molar-refractivity contribution in [3.05, 3.63) is 82.6 Å². The number of carbonyl (C=O) groups is 1. The van der Waals surface area contributed by atoms with Gasteiger partial charge < -0.3 is 9.15 Å². The molecule has 4 aromatic heterocycles. The molecule has 0 unspecified atom stereocenters. The summed E-state index contributed by atoms with van der Waals surface area (Å²) in [6.07, 6.45) is 1.41. The normalized spacial score (nSPS) is 11.2. The minimum Gasteiger partial charge on any atom is -0.473 e. The minimum absolute atomic E-state index is 0.0452. The fraction of sp³-hybridized carbons (Fsp3) is 0.300. The molecule has 1 aromatic carbocycles. The second-order valence-electron chi connectivity index (χ2n) is 9.71. The Kier molecular flexibility index (Phi) is 11.8. The molecule has 0 saturated heterocycles. The van der Waals surface area contributed by atoms with Gasteiger partial charge in [-0.15, -0.1) is 22.7 Å². The van der Waals surface area contributed by atoms with Gasteiger partial charge in [-0.25, -0.2) is 23.1 Å². The van der Waals surface area contributed by atoms with Crippen molar-refractivity contribution in [2.24, 2.45) is 5.92 Å². The molecule has 0 radical (unpaired) electrons. The van der Waals surface area contributed by atoms with Gasteiger partial charge in [0.2, 0.25) is 11.0 Å². The predicted molar refractivity (Wildman–Crippen MR) is 166 cm³/mol. The van der Waals surface area contributed by atoms with E-state index >= 15 is 0 Å². The lowest BCUT2D eigenvalue weighted by Gasteiger charge is -2.12. The number of carbonyl (C=O) groups excluding carboxylic acids is 1. The molecule has 0 aliphatic carbocycles. The number of hydrogen-bond donors (Lipinski definition) is 1. The van der Waals surface area contributed by atoms with Crippen LogP contribution in [-0.4, -0.2) is 36.3 Å². The number of fused-ring (bicyclic) bond motifs is 1. The number of rotatable bonds is 8. The van der Waals surface area contributed by atoms with Crippen LogP contribution in [0.25, 0.3) is 21.6 Å². The Bertz CT molecular complexity index is 1590. The Morgan fingerprint density at radius 2 is 1.51 bits per heavy atom. The SMILES string of the molecule is CC(C)C(=O)c1cccs1.CC(C)NS(=O)(=O)c1ccco1.CC(C)Oc1nc2ccccc2nc1-c1cccs1. The highest BCUT2D eigenvalue weighted by molar-refractivity contribution is 7.89. The van der Waals surface area contributed by atoms with Crippen LogP contribution in [0.15, 0.2) is 87.2 Å². The van der Waals surface area contributed by atoms with Gasteiger partial charge >= 0.3 is 0 Å². The van der Waals surface area contributed by atoms with Crippen molar-refractivity contribution < 1.29 is 22.4 Å². The lowest BCUT2D eigenvalue weighted by Crippen LogP contribution is -2.29. The Labute approximate surface area is 249 Å². The number of hydrogen-bond acceptors (Lipinski definition) is 9. The molecule has 0 aliphatic heterocycles. The molecule has 5 rings (SSSR count). The van der Waals surface area contributed by atoms with E-state index in [0.717, 1.165) is 26.5 Å². The van der Waals surface area contributed by atoms with E-state index in [4.69, 9.17) is 14.1 Å². The molecule has 0 fully saturated rings. The Hall–Kier alpha value is -3.38. The van der Waals surface area contributed by atoms with Gasteiger partial charge in [-0.3, -0.25) is 4.79 Å². The van der Waals surface area contributed by atoms with Gasteiger partial charge in [-0.05, 0) is 74.9 Å². The van der Waals surface area contributed by atoms with Crippen molar-refractivity contribution in [2.45, 2.75) is 58.8 Å². The van der Waals surface area contributed by atoms with Crippen LogP contribution >= 0.6 is 22.7 Å². The smallest absolute Gasteiger partial charge is 0.274 e. The molecule has 0 atom stereocenters. The molecular formula is C30H35N3O5S3. The molecule has 218 valence electrons. The summed E-state index contributed by atoms with van der Waals surface area (Å²) in [6, 6.07) is 18.5. The Morgan fingerprint density at radius 1 is 0.854 bits per heavy atom. The highest BCUT2D eigenvalue weighted by Gasteiger charge is 2.17. The van der Waals surface area contributed by atoms with Gasteiger partial charge in [0.05, 0.1) is 33.2 Å². The van der Waals surface area contributed by atoms with Gasteiger partial charge in [0, 0.05) is 12.0 Å². The van der Waals surface area contributed by atoms with E-state index in [1.165, 1.54) is 29.7 Å². The molecule has 0 bridgehead atoms. The molecule has 0 amide bonds. The van der Waals surface area contributed by atoms with Crippen LogP contribution < -0.4 is 9.46 Å². The van der Waals surface area contributed by atoms with Crippen LogP contribution in [-0.2, 0) is 10.0 Å². The van der Waals surface area contributed by atoms with E-state index in [1.54, 1.807) is 25.2 Å². The largest absolute Gasteiger partial charge is 0.473 e. The quantitative estimate of drug-likeness (QED) is 0.179. The van der Waals surface area contributed by atoms with Gasteiger partial charge in [-0.2, -0.15) is 0 Å². The maximum absolute atomic E-state index is 11.3. The van der Waals surface area contributed by atoms with E-state index < -0.39 is 10.0 Å². The summed E-state index contributed by atoms with van der Waals surface area (Å²) >= 11 is 3.15. The van der Waals surface area contributed by atoms with Crippen molar-refractivity contribution in [2.75, 3.05) is 0 Å². The maximum atomic E-state index is 11.3. The average Bonchev–Trinajstić information content (AvgIpc) is 3.71. The first-order chi connectivity index (χ1) is 19.5. The van der Waals surface area contributed by atoms with Crippen LogP contribution in [0.3, 0.4) is 0 Å². The minimum atomic E-state index is -3.43. The van der Waals surface area contributed by atoms with Crippen LogP contribution in [0.4, 0.5) is 0 Å². The highest BCUT2D eigenvalue weighted by atomic mass is 32.2. The number of aromatic nitrogens is 2. The van der Waals surface area contributed by atoms with Crippen LogP contribution in [0.1, 0.15) is 51.2 Å². The number of furan rings is 1. The molecule has 1 N–H and O–H groups in total. The molecule has 0 aliphatic rings. The van der Waals surface area contributed by atoms with Gasteiger partial charge in [0.15, 0.2) is 5.78 Å².